The van der Waals surface area contributed by atoms with Crippen molar-refractivity contribution in [3.8, 4) is 10.7 Å². The van der Waals surface area contributed by atoms with Crippen molar-refractivity contribution in [1.82, 2.24) is 9.97 Å². The number of anilines is 1. The zero-order chi connectivity index (χ0) is 12.5. The molecule has 2 aromatic heterocycles. The second-order valence-corrected chi connectivity index (χ2v) is 6.13. The molecule has 0 aliphatic heterocycles. The Bertz CT molecular complexity index is 563. The molecule has 3 nitrogen and oxygen atoms in total. The molecule has 2 aromatic rings. The summed E-state index contributed by atoms with van der Waals surface area (Å²) < 4.78 is 0.774. The van der Waals surface area contributed by atoms with E-state index >= 15 is 0 Å². The fourth-order valence-corrected chi connectivity index (χ4v) is 2.85. The highest BCUT2D eigenvalue weighted by atomic mass is 35.5. The van der Waals surface area contributed by atoms with Gasteiger partial charge in [-0.15, -0.1) is 11.3 Å². The van der Waals surface area contributed by atoms with Crippen LogP contribution in [-0.4, -0.2) is 16.5 Å². The molecule has 2 heterocycles. The van der Waals surface area contributed by atoms with Gasteiger partial charge in [-0.25, -0.2) is 9.97 Å². The summed E-state index contributed by atoms with van der Waals surface area (Å²) in [5.41, 5.74) is 1.15. The Kier molecular flexibility index (Phi) is 3.22. The van der Waals surface area contributed by atoms with Gasteiger partial charge in [-0.1, -0.05) is 11.6 Å². The van der Waals surface area contributed by atoms with Crippen LogP contribution in [0.2, 0.25) is 4.34 Å². The molecular weight excluding hydrogens is 266 g/mol. The highest BCUT2D eigenvalue weighted by Crippen LogP contribution is 2.40. The number of halogens is 1. The van der Waals surface area contributed by atoms with Gasteiger partial charge in [-0.3, -0.25) is 0 Å². The third kappa shape index (κ3) is 2.49. The first-order valence-corrected chi connectivity index (χ1v) is 7.34. The number of hydrogen-bond acceptors (Lipinski definition) is 4. The molecule has 18 heavy (non-hydrogen) atoms. The van der Waals surface area contributed by atoms with E-state index in [0.717, 1.165) is 33.1 Å². The average Bonchev–Trinajstić information content (AvgIpc) is 3.12. The Morgan fingerprint density at radius 1 is 1.39 bits per heavy atom. The van der Waals surface area contributed by atoms with Crippen LogP contribution in [0.1, 0.15) is 31.4 Å². The second kappa shape index (κ2) is 4.86. The van der Waals surface area contributed by atoms with E-state index in [9.17, 15) is 0 Å². The lowest BCUT2D eigenvalue weighted by Gasteiger charge is -2.07. The lowest BCUT2D eigenvalue weighted by atomic mass is 10.2. The van der Waals surface area contributed by atoms with Gasteiger partial charge >= 0.3 is 0 Å². The molecule has 0 saturated heterocycles. The molecule has 1 saturated carbocycles. The molecule has 0 bridgehead atoms. The zero-order valence-corrected chi connectivity index (χ0v) is 11.7. The Morgan fingerprint density at radius 3 is 2.83 bits per heavy atom. The van der Waals surface area contributed by atoms with Crippen molar-refractivity contribution in [2.45, 2.75) is 25.7 Å². The van der Waals surface area contributed by atoms with Gasteiger partial charge in [0.2, 0.25) is 0 Å². The number of thiophene rings is 1. The van der Waals surface area contributed by atoms with Crippen molar-refractivity contribution in [1.29, 1.82) is 0 Å². The standard InChI is InChI=1S/C13H14ClN3S/c1-2-15-12-7-9(8-3-4-8)16-13(17-12)10-5-6-11(14)18-10/h5-8H,2-4H2,1H3,(H,15,16,17). The fourth-order valence-electron chi connectivity index (χ4n) is 1.87. The van der Waals surface area contributed by atoms with Crippen LogP contribution in [0.15, 0.2) is 18.2 Å². The van der Waals surface area contributed by atoms with E-state index in [0.29, 0.717) is 5.92 Å². The Morgan fingerprint density at radius 2 is 2.22 bits per heavy atom. The molecule has 1 aliphatic rings. The summed E-state index contributed by atoms with van der Waals surface area (Å²) in [6, 6.07) is 5.94. The smallest absolute Gasteiger partial charge is 0.171 e. The van der Waals surface area contributed by atoms with Crippen LogP contribution in [0.25, 0.3) is 10.7 Å². The van der Waals surface area contributed by atoms with Crippen LogP contribution < -0.4 is 5.32 Å². The number of hydrogen-bond donors (Lipinski definition) is 1. The lowest BCUT2D eigenvalue weighted by Crippen LogP contribution is -2.03. The lowest BCUT2D eigenvalue weighted by molar-refractivity contribution is 0.990. The Balaban J connectivity index is 2.01. The third-order valence-corrected chi connectivity index (χ3v) is 4.12. The van der Waals surface area contributed by atoms with Crippen LogP contribution in [0.3, 0.4) is 0 Å². The summed E-state index contributed by atoms with van der Waals surface area (Å²) in [6.07, 6.45) is 2.49. The van der Waals surface area contributed by atoms with Gasteiger partial charge in [0.25, 0.3) is 0 Å². The Labute approximate surface area is 115 Å². The van der Waals surface area contributed by atoms with E-state index in [4.69, 9.17) is 11.6 Å². The quantitative estimate of drug-likeness (QED) is 0.913. The van der Waals surface area contributed by atoms with Gasteiger partial charge < -0.3 is 5.32 Å². The summed E-state index contributed by atoms with van der Waals surface area (Å²) >= 11 is 7.49. The molecular formula is C13H14ClN3S. The van der Waals surface area contributed by atoms with Crippen molar-refractivity contribution in [3.63, 3.8) is 0 Å². The molecule has 0 unspecified atom stereocenters. The number of nitrogens with one attached hydrogen (secondary N) is 1. The molecule has 3 rings (SSSR count). The van der Waals surface area contributed by atoms with E-state index in [1.807, 2.05) is 12.1 Å². The topological polar surface area (TPSA) is 37.8 Å². The van der Waals surface area contributed by atoms with E-state index in [1.165, 1.54) is 24.2 Å². The summed E-state index contributed by atoms with van der Waals surface area (Å²) in [5.74, 6) is 2.32. The van der Waals surface area contributed by atoms with Gasteiger partial charge in [0.1, 0.15) is 5.82 Å². The molecule has 0 radical (unpaired) electrons. The SMILES string of the molecule is CCNc1cc(C2CC2)nc(-c2ccc(Cl)s2)n1. The maximum Gasteiger partial charge on any atom is 0.171 e. The van der Waals surface area contributed by atoms with Crippen molar-refractivity contribution < 1.29 is 0 Å². The van der Waals surface area contributed by atoms with E-state index in [2.05, 4.69) is 28.3 Å². The van der Waals surface area contributed by atoms with Crippen LogP contribution >= 0.6 is 22.9 Å². The van der Waals surface area contributed by atoms with Crippen molar-refractivity contribution in [2.24, 2.45) is 0 Å². The minimum atomic E-state index is 0.625. The summed E-state index contributed by atoms with van der Waals surface area (Å²) in [4.78, 5) is 10.2. The van der Waals surface area contributed by atoms with Gasteiger partial charge in [0.05, 0.1) is 9.21 Å². The summed E-state index contributed by atoms with van der Waals surface area (Å²) in [5, 5.41) is 3.27. The highest BCUT2D eigenvalue weighted by molar-refractivity contribution is 7.19. The van der Waals surface area contributed by atoms with Crippen molar-refractivity contribution >= 4 is 28.8 Å². The molecule has 0 aromatic carbocycles. The number of nitrogens with zero attached hydrogens (tertiary/aromatic N) is 2. The van der Waals surface area contributed by atoms with E-state index in [-0.39, 0.29) is 0 Å². The predicted octanol–water partition coefficient (Wildman–Crippen LogP) is 4.17. The Hall–Kier alpha value is -1.13. The first-order valence-electron chi connectivity index (χ1n) is 6.15. The van der Waals surface area contributed by atoms with Crippen LogP contribution in [0, 0.1) is 0 Å². The molecule has 0 spiro atoms. The van der Waals surface area contributed by atoms with Crippen molar-refractivity contribution in [3.05, 3.63) is 28.2 Å². The predicted molar refractivity (Wildman–Crippen MR) is 76.5 cm³/mol. The minimum Gasteiger partial charge on any atom is -0.370 e. The molecule has 1 fully saturated rings. The van der Waals surface area contributed by atoms with Crippen LogP contribution in [0.4, 0.5) is 5.82 Å². The number of aromatic nitrogens is 2. The van der Waals surface area contributed by atoms with Gasteiger partial charge in [-0.2, -0.15) is 0 Å². The highest BCUT2D eigenvalue weighted by Gasteiger charge is 2.26. The van der Waals surface area contributed by atoms with E-state index < -0.39 is 0 Å². The molecule has 1 N–H and O–H groups in total. The minimum absolute atomic E-state index is 0.625. The molecule has 5 heteroatoms. The second-order valence-electron chi connectivity index (χ2n) is 4.41. The van der Waals surface area contributed by atoms with Gasteiger partial charge in [-0.05, 0) is 31.9 Å². The molecule has 0 atom stereocenters. The zero-order valence-electron chi connectivity index (χ0n) is 10.1. The van der Waals surface area contributed by atoms with Gasteiger partial charge in [0, 0.05) is 24.2 Å². The third-order valence-electron chi connectivity index (χ3n) is 2.89. The largest absolute Gasteiger partial charge is 0.370 e. The maximum absolute atomic E-state index is 5.97. The van der Waals surface area contributed by atoms with Gasteiger partial charge in [0.15, 0.2) is 5.82 Å². The summed E-state index contributed by atoms with van der Waals surface area (Å²) in [6.45, 7) is 2.94. The van der Waals surface area contributed by atoms with Crippen LogP contribution in [-0.2, 0) is 0 Å². The number of rotatable bonds is 4. The average molecular weight is 280 g/mol. The van der Waals surface area contributed by atoms with Crippen molar-refractivity contribution in [2.75, 3.05) is 11.9 Å². The maximum atomic E-state index is 5.97. The normalized spacial score (nSPS) is 14.8. The van der Waals surface area contributed by atoms with E-state index in [1.54, 1.807) is 0 Å². The first kappa shape index (κ1) is 11.9. The molecule has 94 valence electrons. The fraction of sp³-hybridized carbons (Fsp3) is 0.385. The first-order chi connectivity index (χ1) is 8.76. The monoisotopic (exact) mass is 279 g/mol. The summed E-state index contributed by atoms with van der Waals surface area (Å²) in [7, 11) is 0. The molecule has 0 amide bonds. The van der Waals surface area contributed by atoms with Crippen LogP contribution in [0.5, 0.6) is 0 Å². The molecule has 1 aliphatic carbocycles.